The van der Waals surface area contributed by atoms with Gasteiger partial charge in [-0.1, -0.05) is 35.9 Å². The maximum Gasteiger partial charge on any atom is 0.129 e. The normalized spacial score (nSPS) is 21.5. The summed E-state index contributed by atoms with van der Waals surface area (Å²) in [6.45, 7) is 1.81. The molecule has 0 saturated heterocycles. The number of alkyl halides is 1. The van der Waals surface area contributed by atoms with Crippen LogP contribution in [0, 0.1) is 6.08 Å². The van der Waals surface area contributed by atoms with Crippen LogP contribution >= 0.6 is 11.6 Å². The summed E-state index contributed by atoms with van der Waals surface area (Å²) in [6, 6.07) is 8.08. The van der Waals surface area contributed by atoms with Crippen LogP contribution in [-0.2, 0) is 4.74 Å². The second-order valence-electron chi connectivity index (χ2n) is 3.00. The molecule has 0 bridgehead atoms. The van der Waals surface area contributed by atoms with Gasteiger partial charge in [-0.15, -0.1) is 0 Å². The van der Waals surface area contributed by atoms with Crippen LogP contribution in [0.2, 0.25) is 0 Å². The maximum atomic E-state index is 5.75. The van der Waals surface area contributed by atoms with E-state index in [0.717, 1.165) is 5.56 Å². The van der Waals surface area contributed by atoms with E-state index in [1.165, 1.54) is 5.56 Å². The highest BCUT2D eigenvalue weighted by molar-refractivity contribution is 6.19. The number of halogens is 1. The molecule has 2 rings (SSSR count). The molecular formula is C11H10ClO. The van der Waals surface area contributed by atoms with Gasteiger partial charge in [-0.2, -0.15) is 0 Å². The third-order valence-electron chi connectivity index (χ3n) is 1.99. The SMILES string of the molecule is CC(Cl)OC1[C]=Cc2ccccc21. The lowest BCUT2D eigenvalue weighted by atomic mass is 10.1. The Morgan fingerprint density at radius 2 is 2.23 bits per heavy atom. The summed E-state index contributed by atoms with van der Waals surface area (Å²) in [7, 11) is 0. The van der Waals surface area contributed by atoms with E-state index in [1.54, 1.807) is 0 Å². The minimum atomic E-state index is -0.281. The summed E-state index contributed by atoms with van der Waals surface area (Å²) >= 11 is 5.75. The van der Waals surface area contributed by atoms with Crippen LogP contribution in [-0.4, -0.2) is 5.56 Å². The topological polar surface area (TPSA) is 9.23 Å². The fourth-order valence-electron chi connectivity index (χ4n) is 1.44. The number of hydrogen-bond acceptors (Lipinski definition) is 1. The van der Waals surface area contributed by atoms with E-state index in [0.29, 0.717) is 0 Å². The van der Waals surface area contributed by atoms with Gasteiger partial charge in [0.15, 0.2) is 0 Å². The van der Waals surface area contributed by atoms with Crippen molar-refractivity contribution in [3.63, 3.8) is 0 Å². The maximum absolute atomic E-state index is 5.75. The molecule has 0 N–H and O–H groups in total. The summed E-state index contributed by atoms with van der Waals surface area (Å²) < 4.78 is 5.46. The van der Waals surface area contributed by atoms with Crippen molar-refractivity contribution >= 4 is 17.7 Å². The number of rotatable bonds is 2. The second-order valence-corrected chi connectivity index (χ2v) is 3.61. The standard InChI is InChI=1S/C11H10ClO/c1-8(12)13-11-7-6-9-4-2-3-5-10(9)11/h2-6,8,11H,1H3. The quantitative estimate of drug-likeness (QED) is 0.656. The molecule has 0 amide bonds. The number of benzene rings is 1. The molecule has 2 atom stereocenters. The molecule has 1 radical (unpaired) electrons. The molecule has 0 aromatic heterocycles. The lowest BCUT2D eigenvalue weighted by Crippen LogP contribution is -2.05. The van der Waals surface area contributed by atoms with E-state index in [1.807, 2.05) is 37.3 Å². The average molecular weight is 194 g/mol. The second kappa shape index (κ2) is 3.52. The van der Waals surface area contributed by atoms with Crippen molar-refractivity contribution in [1.82, 2.24) is 0 Å². The van der Waals surface area contributed by atoms with Crippen LogP contribution in [0.3, 0.4) is 0 Å². The Hall–Kier alpha value is -0.790. The molecule has 0 saturated carbocycles. The summed E-state index contributed by atoms with van der Waals surface area (Å²) in [6.07, 6.45) is 4.97. The Morgan fingerprint density at radius 3 is 3.00 bits per heavy atom. The molecule has 1 aromatic carbocycles. The lowest BCUT2D eigenvalue weighted by molar-refractivity contribution is 0.0683. The first-order chi connectivity index (χ1) is 6.27. The molecule has 67 valence electrons. The predicted molar refractivity (Wildman–Crippen MR) is 53.3 cm³/mol. The molecule has 2 heteroatoms. The first-order valence-corrected chi connectivity index (χ1v) is 4.69. The predicted octanol–water partition coefficient (Wildman–Crippen LogP) is 3.16. The highest BCUT2D eigenvalue weighted by Gasteiger charge is 2.18. The number of ether oxygens (including phenoxy) is 1. The van der Waals surface area contributed by atoms with Crippen molar-refractivity contribution in [2.45, 2.75) is 18.6 Å². The van der Waals surface area contributed by atoms with Gasteiger partial charge in [-0.25, -0.2) is 0 Å². The zero-order valence-electron chi connectivity index (χ0n) is 7.33. The van der Waals surface area contributed by atoms with Crippen LogP contribution in [0.15, 0.2) is 24.3 Å². The Kier molecular flexibility index (Phi) is 2.38. The van der Waals surface area contributed by atoms with Crippen LogP contribution in [0.5, 0.6) is 0 Å². The third kappa shape index (κ3) is 1.77. The van der Waals surface area contributed by atoms with Crippen molar-refractivity contribution in [1.29, 1.82) is 0 Å². The van der Waals surface area contributed by atoms with Crippen molar-refractivity contribution in [2.75, 3.05) is 0 Å². The molecular weight excluding hydrogens is 184 g/mol. The minimum absolute atomic E-state index is 0.0938. The zero-order chi connectivity index (χ0) is 9.26. The summed E-state index contributed by atoms with van der Waals surface area (Å²) in [5.74, 6) is 0. The highest BCUT2D eigenvalue weighted by Crippen LogP contribution is 2.31. The Morgan fingerprint density at radius 1 is 1.46 bits per heavy atom. The van der Waals surface area contributed by atoms with Crippen LogP contribution in [0.1, 0.15) is 24.2 Å². The minimum Gasteiger partial charge on any atom is -0.350 e. The Balaban J connectivity index is 2.23. The van der Waals surface area contributed by atoms with Crippen LogP contribution in [0.4, 0.5) is 0 Å². The Labute approximate surface area is 83.0 Å². The molecule has 0 heterocycles. The van der Waals surface area contributed by atoms with Gasteiger partial charge in [0, 0.05) is 0 Å². The molecule has 1 aliphatic carbocycles. The van der Waals surface area contributed by atoms with Gasteiger partial charge >= 0.3 is 0 Å². The molecule has 1 aliphatic rings. The molecule has 0 fully saturated rings. The molecule has 1 aromatic rings. The monoisotopic (exact) mass is 193 g/mol. The van der Waals surface area contributed by atoms with Crippen molar-refractivity contribution in [3.05, 3.63) is 41.5 Å². The fourth-order valence-corrected chi connectivity index (χ4v) is 1.54. The lowest BCUT2D eigenvalue weighted by Gasteiger charge is -2.13. The van der Waals surface area contributed by atoms with Gasteiger partial charge in [0.05, 0.1) is 0 Å². The Bertz CT molecular complexity index is 331. The van der Waals surface area contributed by atoms with E-state index in [2.05, 4.69) is 6.08 Å². The zero-order valence-corrected chi connectivity index (χ0v) is 8.08. The third-order valence-corrected chi connectivity index (χ3v) is 2.10. The van der Waals surface area contributed by atoms with Gasteiger partial charge < -0.3 is 4.74 Å². The fraction of sp³-hybridized carbons (Fsp3) is 0.273. The smallest absolute Gasteiger partial charge is 0.129 e. The summed E-state index contributed by atoms with van der Waals surface area (Å²) in [4.78, 5) is 0. The molecule has 13 heavy (non-hydrogen) atoms. The van der Waals surface area contributed by atoms with Gasteiger partial charge in [-0.3, -0.25) is 0 Å². The highest BCUT2D eigenvalue weighted by atomic mass is 35.5. The first kappa shape index (κ1) is 8.79. The largest absolute Gasteiger partial charge is 0.350 e. The van der Waals surface area contributed by atoms with Crippen molar-refractivity contribution in [3.8, 4) is 0 Å². The van der Waals surface area contributed by atoms with Gasteiger partial charge in [-0.05, 0) is 30.2 Å². The molecule has 0 aliphatic heterocycles. The van der Waals surface area contributed by atoms with E-state index in [4.69, 9.17) is 16.3 Å². The average Bonchev–Trinajstić information content (AvgIpc) is 2.48. The van der Waals surface area contributed by atoms with Crippen molar-refractivity contribution in [2.24, 2.45) is 0 Å². The van der Waals surface area contributed by atoms with Gasteiger partial charge in [0.25, 0.3) is 0 Å². The first-order valence-electron chi connectivity index (χ1n) is 4.25. The van der Waals surface area contributed by atoms with E-state index >= 15 is 0 Å². The number of fused-ring (bicyclic) bond motifs is 1. The van der Waals surface area contributed by atoms with Gasteiger partial charge in [0.1, 0.15) is 11.7 Å². The van der Waals surface area contributed by atoms with E-state index in [9.17, 15) is 0 Å². The molecule has 1 nitrogen and oxygen atoms in total. The van der Waals surface area contributed by atoms with Gasteiger partial charge in [0.2, 0.25) is 0 Å². The van der Waals surface area contributed by atoms with Crippen LogP contribution in [0.25, 0.3) is 6.08 Å². The summed E-state index contributed by atoms with van der Waals surface area (Å²) in [5.41, 5.74) is 2.04. The van der Waals surface area contributed by atoms with Crippen LogP contribution < -0.4 is 0 Å². The molecule has 2 unspecified atom stereocenters. The summed E-state index contributed by atoms with van der Waals surface area (Å²) in [5, 5.41) is 0. The number of hydrogen-bond donors (Lipinski definition) is 0. The van der Waals surface area contributed by atoms with Crippen molar-refractivity contribution < 1.29 is 4.74 Å². The van der Waals surface area contributed by atoms with E-state index in [-0.39, 0.29) is 11.7 Å². The molecule has 0 spiro atoms. The van der Waals surface area contributed by atoms with E-state index < -0.39 is 0 Å².